The molecule has 0 saturated carbocycles. The molecule has 0 bridgehead atoms. The first kappa shape index (κ1) is 23.3. The van der Waals surface area contributed by atoms with E-state index in [4.69, 9.17) is 4.74 Å². The van der Waals surface area contributed by atoms with Crippen LogP contribution < -0.4 is 15.4 Å². The number of hydrogen-bond acceptors (Lipinski definition) is 7. The number of piperidine rings is 1. The van der Waals surface area contributed by atoms with Crippen molar-refractivity contribution < 1.29 is 13.2 Å². The van der Waals surface area contributed by atoms with E-state index >= 15 is 0 Å². The quantitative estimate of drug-likeness (QED) is 0.493. The molecule has 2 aromatic carbocycles. The summed E-state index contributed by atoms with van der Waals surface area (Å²) in [6.07, 6.45) is 7.51. The molecule has 1 aromatic heterocycles. The summed E-state index contributed by atoms with van der Waals surface area (Å²) < 4.78 is 31.0. The Bertz CT molecular complexity index is 1360. The van der Waals surface area contributed by atoms with Crippen LogP contribution in [0.25, 0.3) is 6.08 Å². The number of sulfonamides is 1. The molecule has 9 heteroatoms. The second-order valence-corrected chi connectivity index (χ2v) is 11.1. The van der Waals surface area contributed by atoms with Crippen LogP contribution in [0.1, 0.15) is 30.9 Å². The number of nitrogens with zero attached hydrogens (tertiary/aromatic N) is 3. The average Bonchev–Trinajstić information content (AvgIpc) is 3.19. The van der Waals surface area contributed by atoms with Crippen molar-refractivity contribution in [3.05, 3.63) is 71.4 Å². The van der Waals surface area contributed by atoms with E-state index < -0.39 is 10.0 Å². The van der Waals surface area contributed by atoms with Crippen LogP contribution in [0, 0.1) is 0 Å². The standard InChI is InChI=1S/C26H29N5O3S/c1-18-14-19-6-7-22(16-20(19)15-18)28-25-8-11-27-26(30-25)29-21-4-3-5-24(17-21)34-23-9-12-31(13-10-23)35(2,32)33/h3-8,11,15-17,23H,9-10,12-14H2,1-2H3,(H2,27,28,29,30). The van der Waals surface area contributed by atoms with E-state index in [1.165, 1.54) is 27.3 Å². The molecule has 1 saturated heterocycles. The highest BCUT2D eigenvalue weighted by Crippen LogP contribution is 2.29. The number of anilines is 4. The Morgan fingerprint density at radius 3 is 2.63 bits per heavy atom. The number of ether oxygens (including phenoxy) is 1. The van der Waals surface area contributed by atoms with Crippen molar-refractivity contribution in [2.75, 3.05) is 30.0 Å². The Hall–Kier alpha value is -3.43. The zero-order valence-electron chi connectivity index (χ0n) is 19.9. The summed E-state index contributed by atoms with van der Waals surface area (Å²) in [5, 5.41) is 6.61. The molecule has 5 rings (SSSR count). The van der Waals surface area contributed by atoms with Crippen LogP contribution in [-0.4, -0.2) is 48.1 Å². The first-order valence-corrected chi connectivity index (χ1v) is 13.6. The van der Waals surface area contributed by atoms with Crippen molar-refractivity contribution in [1.82, 2.24) is 14.3 Å². The van der Waals surface area contributed by atoms with Crippen molar-refractivity contribution >= 4 is 39.2 Å². The smallest absolute Gasteiger partial charge is 0.229 e. The van der Waals surface area contributed by atoms with Gasteiger partial charge in [0.1, 0.15) is 17.7 Å². The normalized spacial score (nSPS) is 16.5. The highest BCUT2D eigenvalue weighted by atomic mass is 32.2. The molecule has 1 aliphatic heterocycles. The zero-order chi connectivity index (χ0) is 24.4. The predicted octanol–water partition coefficient (Wildman–Crippen LogP) is 4.73. The van der Waals surface area contributed by atoms with Gasteiger partial charge in [-0.05, 0) is 67.6 Å². The zero-order valence-corrected chi connectivity index (χ0v) is 20.7. The average molecular weight is 492 g/mol. The number of benzene rings is 2. The van der Waals surface area contributed by atoms with E-state index in [1.807, 2.05) is 30.3 Å². The molecule has 1 fully saturated rings. The minimum atomic E-state index is -3.15. The van der Waals surface area contributed by atoms with E-state index in [0.29, 0.717) is 37.7 Å². The van der Waals surface area contributed by atoms with Gasteiger partial charge in [0.2, 0.25) is 16.0 Å². The number of nitrogens with one attached hydrogen (secondary N) is 2. The number of hydrogen-bond donors (Lipinski definition) is 2. The van der Waals surface area contributed by atoms with Gasteiger partial charge >= 0.3 is 0 Å². The molecule has 2 aliphatic rings. The van der Waals surface area contributed by atoms with Gasteiger partial charge in [0, 0.05) is 36.7 Å². The maximum Gasteiger partial charge on any atom is 0.229 e. The first-order valence-electron chi connectivity index (χ1n) is 11.7. The van der Waals surface area contributed by atoms with Crippen molar-refractivity contribution in [3.63, 3.8) is 0 Å². The Kier molecular flexibility index (Phi) is 6.44. The van der Waals surface area contributed by atoms with Crippen LogP contribution in [0.5, 0.6) is 5.75 Å². The van der Waals surface area contributed by atoms with Crippen molar-refractivity contribution in [2.45, 2.75) is 32.3 Å². The number of rotatable bonds is 7. The molecule has 0 unspecified atom stereocenters. The van der Waals surface area contributed by atoms with Gasteiger partial charge in [0.25, 0.3) is 0 Å². The maximum absolute atomic E-state index is 11.7. The monoisotopic (exact) mass is 491 g/mol. The van der Waals surface area contributed by atoms with Crippen LogP contribution in [0.2, 0.25) is 0 Å². The summed E-state index contributed by atoms with van der Waals surface area (Å²) in [4.78, 5) is 8.94. The largest absolute Gasteiger partial charge is 0.490 e. The molecule has 0 amide bonds. The molecular weight excluding hydrogens is 462 g/mol. The minimum Gasteiger partial charge on any atom is -0.490 e. The SMILES string of the molecule is CC1=Cc2cc(Nc3ccnc(Nc4cccc(OC5CCN(S(C)(=O)=O)CC5)c4)n3)ccc2C1. The van der Waals surface area contributed by atoms with E-state index in [-0.39, 0.29) is 6.10 Å². The van der Waals surface area contributed by atoms with Gasteiger partial charge in [0.05, 0.1) is 6.26 Å². The number of aromatic nitrogens is 2. The third-order valence-corrected chi connectivity index (χ3v) is 7.51. The van der Waals surface area contributed by atoms with E-state index in [2.05, 4.69) is 51.8 Å². The van der Waals surface area contributed by atoms with Crippen LogP contribution in [0.3, 0.4) is 0 Å². The third-order valence-electron chi connectivity index (χ3n) is 6.21. The molecule has 2 heterocycles. The Morgan fingerprint density at radius 1 is 1.03 bits per heavy atom. The maximum atomic E-state index is 11.7. The Balaban J connectivity index is 1.22. The molecule has 35 heavy (non-hydrogen) atoms. The molecule has 0 atom stereocenters. The Labute approximate surface area is 206 Å². The van der Waals surface area contributed by atoms with E-state index in [1.54, 1.807) is 6.20 Å². The number of allylic oxidation sites excluding steroid dienone is 1. The second kappa shape index (κ2) is 9.67. The molecule has 182 valence electrons. The fourth-order valence-electron chi connectivity index (χ4n) is 4.47. The van der Waals surface area contributed by atoms with Gasteiger partial charge in [-0.25, -0.2) is 17.7 Å². The lowest BCUT2D eigenvalue weighted by Crippen LogP contribution is -2.41. The van der Waals surface area contributed by atoms with Gasteiger partial charge in [-0.3, -0.25) is 0 Å². The second-order valence-electron chi connectivity index (χ2n) is 9.10. The summed E-state index contributed by atoms with van der Waals surface area (Å²) >= 11 is 0. The molecule has 3 aromatic rings. The highest BCUT2D eigenvalue weighted by molar-refractivity contribution is 7.88. The summed E-state index contributed by atoms with van der Waals surface area (Å²) in [7, 11) is -3.15. The van der Waals surface area contributed by atoms with Crippen molar-refractivity contribution in [1.29, 1.82) is 0 Å². The van der Waals surface area contributed by atoms with Crippen molar-refractivity contribution in [2.24, 2.45) is 0 Å². The molecule has 8 nitrogen and oxygen atoms in total. The summed E-state index contributed by atoms with van der Waals surface area (Å²) in [5.74, 6) is 1.90. The van der Waals surface area contributed by atoms with Crippen LogP contribution >= 0.6 is 0 Å². The molecular formula is C26H29N5O3S. The van der Waals surface area contributed by atoms with Gasteiger partial charge < -0.3 is 15.4 Å². The van der Waals surface area contributed by atoms with E-state index in [9.17, 15) is 8.42 Å². The van der Waals surface area contributed by atoms with Gasteiger partial charge in [-0.2, -0.15) is 4.98 Å². The lowest BCUT2D eigenvalue weighted by atomic mass is 10.1. The Morgan fingerprint density at radius 2 is 1.83 bits per heavy atom. The van der Waals surface area contributed by atoms with Gasteiger partial charge in [0.15, 0.2) is 0 Å². The summed E-state index contributed by atoms with van der Waals surface area (Å²) in [6.45, 7) is 3.11. The molecule has 2 N–H and O–H groups in total. The molecule has 0 radical (unpaired) electrons. The minimum absolute atomic E-state index is 0.0158. The first-order chi connectivity index (χ1) is 16.8. The van der Waals surface area contributed by atoms with Crippen LogP contribution in [-0.2, 0) is 16.4 Å². The fraction of sp³-hybridized carbons (Fsp3) is 0.308. The topological polar surface area (TPSA) is 96.5 Å². The lowest BCUT2D eigenvalue weighted by molar-refractivity contribution is 0.135. The van der Waals surface area contributed by atoms with Crippen molar-refractivity contribution in [3.8, 4) is 5.75 Å². The highest BCUT2D eigenvalue weighted by Gasteiger charge is 2.26. The summed E-state index contributed by atoms with van der Waals surface area (Å²) in [5.41, 5.74) is 5.76. The fourth-order valence-corrected chi connectivity index (χ4v) is 5.35. The van der Waals surface area contributed by atoms with E-state index in [0.717, 1.165) is 23.5 Å². The number of fused-ring (bicyclic) bond motifs is 1. The van der Waals surface area contributed by atoms with Crippen LogP contribution in [0.4, 0.5) is 23.1 Å². The summed E-state index contributed by atoms with van der Waals surface area (Å²) in [6, 6.07) is 15.8. The molecule has 1 aliphatic carbocycles. The predicted molar refractivity (Wildman–Crippen MR) is 139 cm³/mol. The van der Waals surface area contributed by atoms with Gasteiger partial charge in [-0.15, -0.1) is 0 Å². The molecule has 0 spiro atoms. The third kappa shape index (κ3) is 5.80. The lowest BCUT2D eigenvalue weighted by Gasteiger charge is -2.30. The van der Waals surface area contributed by atoms with Crippen LogP contribution in [0.15, 0.2) is 60.3 Å². The van der Waals surface area contributed by atoms with Gasteiger partial charge in [-0.1, -0.05) is 23.8 Å².